The van der Waals surface area contributed by atoms with E-state index >= 15 is 0 Å². The molecule has 0 spiro atoms. The van der Waals surface area contributed by atoms with Crippen molar-refractivity contribution in [2.45, 2.75) is 39.8 Å². The lowest BCUT2D eigenvalue weighted by Gasteiger charge is -2.35. The maximum Gasteiger partial charge on any atom is 0.0596 e. The van der Waals surface area contributed by atoms with Gasteiger partial charge in [-0.3, -0.25) is 0 Å². The first-order chi connectivity index (χ1) is 11.9. The maximum atomic E-state index is 3.19. The Morgan fingerprint density at radius 1 is 0.560 bits per heavy atom. The SMILES string of the molecule is Cc1cccc(C(P)(c2ccccc2)c2ccc(C)c(C)c2C)c1C. The Bertz CT molecular complexity index is 909. The summed E-state index contributed by atoms with van der Waals surface area (Å²) in [6, 6.07) is 22.0. The van der Waals surface area contributed by atoms with Gasteiger partial charge in [0.2, 0.25) is 0 Å². The predicted molar refractivity (Wildman–Crippen MR) is 113 cm³/mol. The molecule has 0 amide bonds. The van der Waals surface area contributed by atoms with Crippen LogP contribution >= 0.6 is 9.24 Å². The standard InChI is InChI=1S/C24H27P/c1-16-10-9-13-22(19(16)4)24(25,21-11-7-6-8-12-21)23-15-14-17(2)18(3)20(23)5/h6-15H,25H2,1-5H3. The molecule has 3 aromatic carbocycles. The van der Waals surface area contributed by atoms with Gasteiger partial charge in [-0.2, -0.15) is 0 Å². The molecule has 0 saturated heterocycles. The van der Waals surface area contributed by atoms with E-state index in [9.17, 15) is 0 Å². The summed E-state index contributed by atoms with van der Waals surface area (Å²) in [5.74, 6) is 0. The van der Waals surface area contributed by atoms with Crippen molar-refractivity contribution in [3.05, 3.63) is 105 Å². The molecule has 1 heteroatoms. The molecule has 2 atom stereocenters. The van der Waals surface area contributed by atoms with Crippen LogP contribution in [0.1, 0.15) is 44.5 Å². The van der Waals surface area contributed by atoms with Crippen LogP contribution in [0.3, 0.4) is 0 Å². The molecule has 0 aliphatic heterocycles. The molecule has 3 rings (SSSR count). The van der Waals surface area contributed by atoms with Gasteiger partial charge in [-0.15, -0.1) is 9.24 Å². The van der Waals surface area contributed by atoms with Crippen LogP contribution in [0, 0.1) is 34.6 Å². The molecule has 0 aliphatic carbocycles. The smallest absolute Gasteiger partial charge is 0.0596 e. The van der Waals surface area contributed by atoms with E-state index in [1.165, 1.54) is 44.5 Å². The zero-order valence-electron chi connectivity index (χ0n) is 15.9. The van der Waals surface area contributed by atoms with E-state index < -0.39 is 0 Å². The third kappa shape index (κ3) is 2.94. The number of benzene rings is 3. The van der Waals surface area contributed by atoms with Crippen molar-refractivity contribution in [1.82, 2.24) is 0 Å². The maximum absolute atomic E-state index is 3.19. The Morgan fingerprint density at radius 3 is 1.84 bits per heavy atom. The predicted octanol–water partition coefficient (Wildman–Crippen LogP) is 6.40. The summed E-state index contributed by atoms with van der Waals surface area (Å²) in [6.07, 6.45) is 0. The Morgan fingerprint density at radius 2 is 1.16 bits per heavy atom. The zero-order chi connectivity index (χ0) is 18.2. The summed E-state index contributed by atoms with van der Waals surface area (Å²) in [5.41, 5.74) is 10.8. The summed E-state index contributed by atoms with van der Waals surface area (Å²) < 4.78 is 0. The van der Waals surface area contributed by atoms with E-state index in [4.69, 9.17) is 0 Å². The summed E-state index contributed by atoms with van der Waals surface area (Å²) in [4.78, 5) is 0. The second-order valence-electron chi connectivity index (χ2n) is 7.10. The largest absolute Gasteiger partial charge is 0.117 e. The Balaban J connectivity index is 2.39. The number of hydrogen-bond donors (Lipinski definition) is 0. The molecule has 128 valence electrons. The van der Waals surface area contributed by atoms with Crippen molar-refractivity contribution in [2.75, 3.05) is 0 Å². The van der Waals surface area contributed by atoms with E-state index in [1.807, 2.05) is 0 Å². The van der Waals surface area contributed by atoms with Gasteiger partial charge in [-0.25, -0.2) is 0 Å². The fourth-order valence-electron chi connectivity index (χ4n) is 3.72. The fourth-order valence-corrected chi connectivity index (χ4v) is 4.54. The van der Waals surface area contributed by atoms with E-state index in [2.05, 4.69) is 105 Å². The highest BCUT2D eigenvalue weighted by atomic mass is 31.0. The molecule has 0 aliphatic rings. The van der Waals surface area contributed by atoms with E-state index in [-0.39, 0.29) is 5.16 Å². The second kappa shape index (κ2) is 6.77. The van der Waals surface area contributed by atoms with Gasteiger partial charge in [0.05, 0.1) is 5.16 Å². The van der Waals surface area contributed by atoms with Crippen molar-refractivity contribution in [3.63, 3.8) is 0 Å². The van der Waals surface area contributed by atoms with Crippen molar-refractivity contribution < 1.29 is 0 Å². The van der Waals surface area contributed by atoms with Crippen LogP contribution in [0.4, 0.5) is 0 Å². The van der Waals surface area contributed by atoms with E-state index in [0.29, 0.717) is 0 Å². The molecule has 2 unspecified atom stereocenters. The molecule has 3 aromatic rings. The first-order valence-electron chi connectivity index (χ1n) is 8.85. The normalized spacial score (nSPS) is 13.5. The molecule has 0 aromatic heterocycles. The van der Waals surface area contributed by atoms with Gasteiger partial charge in [0.1, 0.15) is 0 Å². The van der Waals surface area contributed by atoms with Crippen LogP contribution in [-0.2, 0) is 5.16 Å². The van der Waals surface area contributed by atoms with Crippen LogP contribution in [0.2, 0.25) is 0 Å². The lowest BCUT2D eigenvalue weighted by molar-refractivity contribution is 0.867. The van der Waals surface area contributed by atoms with Crippen molar-refractivity contribution in [3.8, 4) is 0 Å². The molecule has 0 radical (unpaired) electrons. The number of hydrogen-bond acceptors (Lipinski definition) is 0. The van der Waals surface area contributed by atoms with Crippen molar-refractivity contribution >= 4 is 9.24 Å². The minimum Gasteiger partial charge on any atom is -0.117 e. The molecular weight excluding hydrogens is 319 g/mol. The lowest BCUT2D eigenvalue weighted by atomic mass is 9.78. The molecule has 0 N–H and O–H groups in total. The average molecular weight is 346 g/mol. The quantitative estimate of drug-likeness (QED) is 0.380. The third-order valence-corrected chi connectivity index (χ3v) is 6.70. The average Bonchev–Trinajstić information content (AvgIpc) is 2.62. The minimum atomic E-state index is -0.250. The highest BCUT2D eigenvalue weighted by Gasteiger charge is 2.34. The highest BCUT2D eigenvalue weighted by Crippen LogP contribution is 2.48. The molecule has 0 nitrogen and oxygen atoms in total. The van der Waals surface area contributed by atoms with Crippen LogP contribution < -0.4 is 0 Å². The van der Waals surface area contributed by atoms with Crippen molar-refractivity contribution in [2.24, 2.45) is 0 Å². The summed E-state index contributed by atoms with van der Waals surface area (Å²) in [5, 5.41) is -0.250. The van der Waals surface area contributed by atoms with E-state index in [1.54, 1.807) is 0 Å². The second-order valence-corrected chi connectivity index (χ2v) is 7.97. The Labute approximate surface area is 154 Å². The first-order valence-corrected chi connectivity index (χ1v) is 9.43. The fraction of sp³-hybridized carbons (Fsp3) is 0.250. The molecule has 0 bridgehead atoms. The topological polar surface area (TPSA) is 0 Å². The molecule has 0 heterocycles. The van der Waals surface area contributed by atoms with Gasteiger partial charge in [-0.05, 0) is 79.1 Å². The molecule has 25 heavy (non-hydrogen) atoms. The summed E-state index contributed by atoms with van der Waals surface area (Å²) in [6.45, 7) is 11.1. The zero-order valence-corrected chi connectivity index (χ0v) is 17.0. The van der Waals surface area contributed by atoms with Gasteiger partial charge >= 0.3 is 0 Å². The monoisotopic (exact) mass is 346 g/mol. The van der Waals surface area contributed by atoms with Gasteiger partial charge in [0.25, 0.3) is 0 Å². The molecular formula is C24H27P. The first kappa shape index (κ1) is 17.9. The van der Waals surface area contributed by atoms with Crippen LogP contribution in [0.15, 0.2) is 60.7 Å². The summed E-state index contributed by atoms with van der Waals surface area (Å²) in [7, 11) is 3.19. The van der Waals surface area contributed by atoms with Gasteiger partial charge < -0.3 is 0 Å². The number of rotatable bonds is 3. The highest BCUT2D eigenvalue weighted by molar-refractivity contribution is 7.19. The van der Waals surface area contributed by atoms with Crippen LogP contribution in [0.25, 0.3) is 0 Å². The molecule has 0 fully saturated rings. The van der Waals surface area contributed by atoms with Gasteiger partial charge in [0.15, 0.2) is 0 Å². The van der Waals surface area contributed by atoms with Crippen LogP contribution in [-0.4, -0.2) is 0 Å². The van der Waals surface area contributed by atoms with Gasteiger partial charge in [0, 0.05) is 0 Å². The van der Waals surface area contributed by atoms with E-state index in [0.717, 1.165) is 0 Å². The Kier molecular flexibility index (Phi) is 4.85. The minimum absolute atomic E-state index is 0.250. The third-order valence-electron chi connectivity index (χ3n) is 5.74. The molecule has 0 saturated carbocycles. The lowest BCUT2D eigenvalue weighted by Crippen LogP contribution is -2.24. The number of aryl methyl sites for hydroxylation is 2. The van der Waals surface area contributed by atoms with Gasteiger partial charge in [-0.1, -0.05) is 60.7 Å². The summed E-state index contributed by atoms with van der Waals surface area (Å²) >= 11 is 0. The van der Waals surface area contributed by atoms with Crippen molar-refractivity contribution in [1.29, 1.82) is 0 Å². The van der Waals surface area contributed by atoms with Crippen LogP contribution in [0.5, 0.6) is 0 Å². The Hall–Kier alpha value is -1.91.